The molecule has 0 fully saturated rings. The van der Waals surface area contributed by atoms with E-state index in [0.717, 1.165) is 13.2 Å². The van der Waals surface area contributed by atoms with Crippen LogP contribution >= 0.6 is 0 Å². The summed E-state index contributed by atoms with van der Waals surface area (Å²) < 4.78 is 12.0. The van der Waals surface area contributed by atoms with Crippen LogP contribution in [0, 0.1) is 5.92 Å². The van der Waals surface area contributed by atoms with Gasteiger partial charge < -0.3 is 8.85 Å². The third-order valence-electron chi connectivity index (χ3n) is 3.86. The van der Waals surface area contributed by atoms with Crippen molar-refractivity contribution in [3.8, 4) is 0 Å². The van der Waals surface area contributed by atoms with E-state index in [9.17, 15) is 0 Å². The molecule has 1 unspecified atom stereocenters. The Labute approximate surface area is 128 Å². The molecule has 122 valence electrons. The van der Waals surface area contributed by atoms with Crippen molar-refractivity contribution in [2.45, 2.75) is 91.7 Å². The van der Waals surface area contributed by atoms with E-state index in [1.165, 1.54) is 57.8 Å². The van der Waals surface area contributed by atoms with Gasteiger partial charge in [0, 0.05) is 13.2 Å². The maximum atomic E-state index is 5.99. The molecule has 0 aliphatic heterocycles. The number of unbranched alkanes of at least 4 members (excludes halogenated alkanes) is 7. The molecule has 0 aliphatic rings. The molecule has 0 N–H and O–H groups in total. The van der Waals surface area contributed by atoms with Crippen molar-refractivity contribution in [1.82, 2.24) is 0 Å². The summed E-state index contributed by atoms with van der Waals surface area (Å²) in [5.74, 6) is 0.647. The second-order valence-electron chi connectivity index (χ2n) is 6.55. The second kappa shape index (κ2) is 12.8. The summed E-state index contributed by atoms with van der Waals surface area (Å²) in [6, 6.07) is 0. The van der Waals surface area contributed by atoms with Gasteiger partial charge in [0.2, 0.25) is 0 Å². The van der Waals surface area contributed by atoms with Crippen molar-refractivity contribution < 1.29 is 8.85 Å². The predicted molar refractivity (Wildman–Crippen MR) is 91.5 cm³/mol. The lowest BCUT2D eigenvalue weighted by molar-refractivity contribution is 0.154. The van der Waals surface area contributed by atoms with Crippen LogP contribution in [0.1, 0.15) is 78.6 Å². The van der Waals surface area contributed by atoms with Gasteiger partial charge in [-0.3, -0.25) is 0 Å². The van der Waals surface area contributed by atoms with Crippen LogP contribution in [-0.2, 0) is 8.85 Å². The molecule has 0 aliphatic carbocycles. The fourth-order valence-corrected chi connectivity index (χ4v) is 3.46. The Morgan fingerprint density at radius 2 is 1.35 bits per heavy atom. The first kappa shape index (κ1) is 20.1. The van der Waals surface area contributed by atoms with Crippen LogP contribution in [0.15, 0.2) is 0 Å². The number of hydrogen-bond acceptors (Lipinski definition) is 2. The van der Waals surface area contributed by atoms with Crippen molar-refractivity contribution in [3.05, 3.63) is 0 Å². The minimum Gasteiger partial charge on any atom is -0.395 e. The van der Waals surface area contributed by atoms with Gasteiger partial charge in [0.15, 0.2) is 0 Å². The Balaban J connectivity index is 3.39. The van der Waals surface area contributed by atoms with Crippen molar-refractivity contribution in [2.24, 2.45) is 5.92 Å². The average Bonchev–Trinajstić information content (AvgIpc) is 2.43. The van der Waals surface area contributed by atoms with Crippen LogP contribution in [-0.4, -0.2) is 21.8 Å². The maximum absolute atomic E-state index is 5.99. The number of rotatable bonds is 14. The molecule has 0 amide bonds. The molecule has 0 saturated heterocycles. The summed E-state index contributed by atoms with van der Waals surface area (Å²) in [5, 5.41) is 0. The van der Waals surface area contributed by atoms with E-state index in [4.69, 9.17) is 8.85 Å². The number of hydrogen-bond donors (Lipinski definition) is 0. The Morgan fingerprint density at radius 3 is 1.90 bits per heavy atom. The molecule has 20 heavy (non-hydrogen) atoms. The van der Waals surface area contributed by atoms with Crippen LogP contribution in [0.4, 0.5) is 0 Å². The van der Waals surface area contributed by atoms with E-state index < -0.39 is 8.56 Å². The topological polar surface area (TPSA) is 18.5 Å². The predicted octanol–water partition coefficient (Wildman–Crippen LogP) is 5.91. The fourth-order valence-electron chi connectivity index (χ4n) is 2.06. The van der Waals surface area contributed by atoms with Gasteiger partial charge in [-0.25, -0.2) is 0 Å². The first-order valence-electron chi connectivity index (χ1n) is 8.79. The quantitative estimate of drug-likeness (QED) is 0.293. The molecule has 0 bridgehead atoms. The molecule has 0 aromatic carbocycles. The third kappa shape index (κ3) is 13.1. The molecule has 0 saturated carbocycles. The van der Waals surface area contributed by atoms with Gasteiger partial charge in [-0.1, -0.05) is 72.1 Å². The van der Waals surface area contributed by atoms with Crippen LogP contribution in [0.25, 0.3) is 0 Å². The summed E-state index contributed by atoms with van der Waals surface area (Å²) in [6.07, 6.45) is 12.0. The normalized spacial score (nSPS) is 13.7. The van der Waals surface area contributed by atoms with E-state index >= 15 is 0 Å². The molecule has 3 heteroatoms. The Bertz CT molecular complexity index is 207. The molecule has 2 nitrogen and oxygen atoms in total. The van der Waals surface area contributed by atoms with E-state index in [1.54, 1.807) is 0 Å². The summed E-state index contributed by atoms with van der Waals surface area (Å²) in [4.78, 5) is 0. The molecule has 1 atom stereocenters. The average molecular weight is 303 g/mol. The van der Waals surface area contributed by atoms with Crippen LogP contribution in [0.2, 0.25) is 13.1 Å². The molecule has 0 aromatic rings. The lowest BCUT2D eigenvalue weighted by atomic mass is 10.1. The van der Waals surface area contributed by atoms with Crippen LogP contribution in [0.5, 0.6) is 0 Å². The lowest BCUT2D eigenvalue weighted by Crippen LogP contribution is -2.36. The Hall–Kier alpha value is 0.137. The highest BCUT2D eigenvalue weighted by Gasteiger charge is 2.24. The summed E-state index contributed by atoms with van der Waals surface area (Å²) >= 11 is 0. The highest BCUT2D eigenvalue weighted by molar-refractivity contribution is 6.64. The molecule has 0 rings (SSSR count). The largest absolute Gasteiger partial charge is 0.395 e. The zero-order valence-electron chi connectivity index (χ0n) is 14.7. The molecule has 0 aromatic heterocycles. The highest BCUT2D eigenvalue weighted by Crippen LogP contribution is 2.13. The first-order valence-corrected chi connectivity index (χ1v) is 11.6. The molecule has 0 spiro atoms. The van der Waals surface area contributed by atoms with Crippen LogP contribution in [0.3, 0.4) is 0 Å². The maximum Gasteiger partial charge on any atom is 0.331 e. The van der Waals surface area contributed by atoms with Gasteiger partial charge in [0.25, 0.3) is 0 Å². The van der Waals surface area contributed by atoms with Crippen molar-refractivity contribution >= 4 is 8.56 Å². The molecule has 0 radical (unpaired) electrons. The van der Waals surface area contributed by atoms with Crippen molar-refractivity contribution in [2.75, 3.05) is 13.2 Å². The summed E-state index contributed by atoms with van der Waals surface area (Å²) in [5.41, 5.74) is 0. The third-order valence-corrected chi connectivity index (χ3v) is 5.62. The Morgan fingerprint density at radius 1 is 0.800 bits per heavy atom. The van der Waals surface area contributed by atoms with E-state index in [2.05, 4.69) is 33.9 Å². The van der Waals surface area contributed by atoms with Gasteiger partial charge in [-0.2, -0.15) is 0 Å². The first-order chi connectivity index (χ1) is 9.52. The standard InChI is InChI=1S/C17H38O2Si/c1-6-8-9-10-11-12-13-14-15-18-20(4,5)19-16-17(3)7-2/h17H,6-16H2,1-5H3. The Kier molecular flexibility index (Phi) is 12.9. The van der Waals surface area contributed by atoms with Gasteiger partial charge >= 0.3 is 8.56 Å². The lowest BCUT2D eigenvalue weighted by Gasteiger charge is -2.24. The smallest absolute Gasteiger partial charge is 0.331 e. The van der Waals surface area contributed by atoms with Crippen LogP contribution < -0.4 is 0 Å². The molecular formula is C17H38O2Si. The monoisotopic (exact) mass is 302 g/mol. The van der Waals surface area contributed by atoms with Gasteiger partial charge in [0.05, 0.1) is 0 Å². The summed E-state index contributed by atoms with van der Waals surface area (Å²) in [7, 11) is -1.87. The molecule has 0 heterocycles. The molecular weight excluding hydrogens is 264 g/mol. The highest BCUT2D eigenvalue weighted by atomic mass is 28.4. The van der Waals surface area contributed by atoms with E-state index in [1.807, 2.05) is 0 Å². The van der Waals surface area contributed by atoms with E-state index in [0.29, 0.717) is 5.92 Å². The SMILES string of the molecule is CCCCCCCCCCO[Si](C)(C)OCC(C)CC. The zero-order chi connectivity index (χ0) is 15.3. The van der Waals surface area contributed by atoms with Gasteiger partial charge in [-0.15, -0.1) is 0 Å². The zero-order valence-corrected chi connectivity index (χ0v) is 15.7. The minimum absolute atomic E-state index is 0.647. The van der Waals surface area contributed by atoms with Crippen molar-refractivity contribution in [3.63, 3.8) is 0 Å². The summed E-state index contributed by atoms with van der Waals surface area (Å²) in [6.45, 7) is 12.8. The van der Waals surface area contributed by atoms with Crippen molar-refractivity contribution in [1.29, 1.82) is 0 Å². The van der Waals surface area contributed by atoms with Gasteiger partial charge in [-0.05, 0) is 25.4 Å². The minimum atomic E-state index is -1.87. The van der Waals surface area contributed by atoms with E-state index in [-0.39, 0.29) is 0 Å². The fraction of sp³-hybridized carbons (Fsp3) is 1.00. The van der Waals surface area contributed by atoms with Gasteiger partial charge in [0.1, 0.15) is 0 Å². The second-order valence-corrected chi connectivity index (χ2v) is 9.92.